The van der Waals surface area contributed by atoms with Crippen molar-refractivity contribution in [1.29, 1.82) is 0 Å². The average molecular weight is 438 g/mol. The molecule has 1 N–H and O–H groups in total. The van der Waals surface area contributed by atoms with Crippen LogP contribution in [0, 0.1) is 6.92 Å². The lowest BCUT2D eigenvalue weighted by atomic mass is 10.2. The monoisotopic (exact) mass is 437 g/mol. The number of aryl methyl sites for hydroxylation is 2. The quantitative estimate of drug-likeness (QED) is 0.314. The third kappa shape index (κ3) is 5.46. The second-order valence-corrected chi connectivity index (χ2v) is 7.62. The molecule has 0 saturated carbocycles. The Morgan fingerprint density at radius 2 is 2.00 bits per heavy atom. The van der Waals surface area contributed by atoms with Gasteiger partial charge in [-0.1, -0.05) is 11.6 Å². The van der Waals surface area contributed by atoms with Gasteiger partial charge in [-0.05, 0) is 56.0 Å². The Morgan fingerprint density at radius 1 is 1.10 bits per heavy atom. The van der Waals surface area contributed by atoms with E-state index in [1.165, 1.54) is 0 Å². The average Bonchev–Trinajstić information content (AvgIpc) is 3.19. The molecule has 0 radical (unpaired) electrons. The molecule has 0 unspecified atom stereocenters. The molecule has 0 aromatic carbocycles. The first-order valence-electron chi connectivity index (χ1n) is 10.2. The molecular formula is C22H24ClN7O. The number of nitrogens with zero attached hydrogens (tertiary/aromatic N) is 6. The van der Waals surface area contributed by atoms with Gasteiger partial charge in [0.2, 0.25) is 0 Å². The molecule has 4 heterocycles. The number of hydrogen-bond donors (Lipinski definition) is 1. The van der Waals surface area contributed by atoms with Crippen molar-refractivity contribution < 1.29 is 4.74 Å². The maximum absolute atomic E-state index is 6.28. The molecule has 0 saturated heterocycles. The van der Waals surface area contributed by atoms with E-state index in [2.05, 4.69) is 30.4 Å². The van der Waals surface area contributed by atoms with Gasteiger partial charge in [0.25, 0.3) is 0 Å². The SMILES string of the molecule is Cc1c(Cl)nc(OCCCc2ccc3ncccc3n2)nc1NCCc1cnn(C)c1. The molecule has 160 valence electrons. The van der Waals surface area contributed by atoms with Gasteiger partial charge in [0.1, 0.15) is 11.0 Å². The Hall–Kier alpha value is -3.26. The van der Waals surface area contributed by atoms with E-state index in [0.717, 1.165) is 47.1 Å². The molecule has 4 aromatic heterocycles. The molecular weight excluding hydrogens is 414 g/mol. The maximum Gasteiger partial charge on any atom is 0.319 e. The predicted molar refractivity (Wildman–Crippen MR) is 121 cm³/mol. The second kappa shape index (κ2) is 9.70. The summed E-state index contributed by atoms with van der Waals surface area (Å²) in [5.41, 5.74) is 4.76. The van der Waals surface area contributed by atoms with Gasteiger partial charge < -0.3 is 10.1 Å². The van der Waals surface area contributed by atoms with Crippen LogP contribution < -0.4 is 10.1 Å². The molecule has 0 amide bonds. The minimum atomic E-state index is 0.273. The number of ether oxygens (including phenoxy) is 1. The van der Waals surface area contributed by atoms with E-state index in [-0.39, 0.29) is 6.01 Å². The molecule has 0 bridgehead atoms. The summed E-state index contributed by atoms with van der Waals surface area (Å²) in [6, 6.07) is 8.12. The smallest absolute Gasteiger partial charge is 0.319 e. The molecule has 0 aliphatic rings. The maximum atomic E-state index is 6.28. The Bertz CT molecular complexity index is 1180. The van der Waals surface area contributed by atoms with Crippen LogP contribution in [-0.2, 0) is 19.9 Å². The first kappa shape index (κ1) is 21.0. The van der Waals surface area contributed by atoms with Crippen LogP contribution in [0.25, 0.3) is 11.0 Å². The predicted octanol–water partition coefficient (Wildman–Crippen LogP) is 3.78. The van der Waals surface area contributed by atoms with Crippen LogP contribution in [0.2, 0.25) is 5.15 Å². The zero-order chi connectivity index (χ0) is 21.6. The molecule has 9 heteroatoms. The van der Waals surface area contributed by atoms with Crippen LogP contribution >= 0.6 is 11.6 Å². The summed E-state index contributed by atoms with van der Waals surface area (Å²) < 4.78 is 7.55. The van der Waals surface area contributed by atoms with Crippen molar-refractivity contribution in [2.24, 2.45) is 7.05 Å². The van der Waals surface area contributed by atoms with Gasteiger partial charge in [-0.15, -0.1) is 0 Å². The molecule has 0 spiro atoms. The van der Waals surface area contributed by atoms with Crippen LogP contribution in [0.1, 0.15) is 23.2 Å². The minimum Gasteiger partial charge on any atom is -0.463 e. The first-order valence-corrected chi connectivity index (χ1v) is 10.6. The lowest BCUT2D eigenvalue weighted by Gasteiger charge is -2.11. The first-order chi connectivity index (χ1) is 15.1. The van der Waals surface area contributed by atoms with Crippen molar-refractivity contribution in [3.63, 3.8) is 0 Å². The van der Waals surface area contributed by atoms with E-state index in [9.17, 15) is 0 Å². The lowest BCUT2D eigenvalue weighted by molar-refractivity contribution is 0.286. The van der Waals surface area contributed by atoms with Gasteiger partial charge in [0.05, 0.1) is 23.8 Å². The van der Waals surface area contributed by atoms with Crippen molar-refractivity contribution in [3.05, 3.63) is 64.8 Å². The third-order valence-corrected chi connectivity index (χ3v) is 5.22. The third-order valence-electron chi connectivity index (χ3n) is 4.85. The summed E-state index contributed by atoms with van der Waals surface area (Å²) in [6.45, 7) is 3.07. The molecule has 4 rings (SSSR count). The van der Waals surface area contributed by atoms with Crippen LogP contribution in [0.15, 0.2) is 42.9 Å². The van der Waals surface area contributed by atoms with E-state index in [1.54, 1.807) is 10.9 Å². The van der Waals surface area contributed by atoms with Crippen LogP contribution in [0.5, 0.6) is 6.01 Å². The molecule has 31 heavy (non-hydrogen) atoms. The molecule has 0 fully saturated rings. The topological polar surface area (TPSA) is 90.6 Å². The number of fused-ring (bicyclic) bond motifs is 1. The fourth-order valence-electron chi connectivity index (χ4n) is 3.19. The number of anilines is 1. The number of hydrogen-bond acceptors (Lipinski definition) is 7. The van der Waals surface area contributed by atoms with Crippen molar-refractivity contribution in [2.45, 2.75) is 26.2 Å². The second-order valence-electron chi connectivity index (χ2n) is 7.27. The van der Waals surface area contributed by atoms with Crippen LogP contribution in [-0.4, -0.2) is 42.9 Å². The number of rotatable bonds is 9. The highest BCUT2D eigenvalue weighted by atomic mass is 35.5. The van der Waals surface area contributed by atoms with E-state index >= 15 is 0 Å². The zero-order valence-corrected chi connectivity index (χ0v) is 18.3. The Labute approximate surface area is 185 Å². The standard InChI is InChI=1S/C22H24ClN7O/c1-15-20(23)28-22(29-21(15)25-11-9-16-13-26-30(2)14-16)31-12-4-5-17-7-8-18-19(27-17)6-3-10-24-18/h3,6-8,10,13-14H,4-5,9,11-12H2,1-2H3,(H,25,28,29). The van der Waals surface area contributed by atoms with Crippen LogP contribution in [0.4, 0.5) is 5.82 Å². The zero-order valence-electron chi connectivity index (χ0n) is 17.5. The molecule has 0 aliphatic carbocycles. The minimum absolute atomic E-state index is 0.273. The number of aromatic nitrogens is 6. The lowest BCUT2D eigenvalue weighted by Crippen LogP contribution is -2.10. The van der Waals surface area contributed by atoms with Gasteiger partial charge in [-0.2, -0.15) is 15.1 Å². The van der Waals surface area contributed by atoms with Crippen molar-refractivity contribution in [1.82, 2.24) is 29.7 Å². The van der Waals surface area contributed by atoms with Crippen molar-refractivity contribution in [2.75, 3.05) is 18.5 Å². The van der Waals surface area contributed by atoms with Gasteiger partial charge in [0, 0.05) is 37.2 Å². The van der Waals surface area contributed by atoms with Crippen molar-refractivity contribution in [3.8, 4) is 6.01 Å². The fourth-order valence-corrected chi connectivity index (χ4v) is 3.35. The normalized spacial score (nSPS) is 11.1. The number of nitrogens with one attached hydrogen (secondary N) is 1. The number of pyridine rings is 2. The van der Waals surface area contributed by atoms with Gasteiger partial charge in [0.15, 0.2) is 0 Å². The summed E-state index contributed by atoms with van der Waals surface area (Å²) in [5.74, 6) is 0.683. The molecule has 8 nitrogen and oxygen atoms in total. The largest absolute Gasteiger partial charge is 0.463 e. The highest BCUT2D eigenvalue weighted by Crippen LogP contribution is 2.23. The Balaban J connectivity index is 1.30. The summed E-state index contributed by atoms with van der Waals surface area (Å²) in [7, 11) is 1.90. The summed E-state index contributed by atoms with van der Waals surface area (Å²) in [6.07, 6.45) is 8.04. The molecule has 0 aliphatic heterocycles. The van der Waals surface area contributed by atoms with Gasteiger partial charge in [-0.3, -0.25) is 14.6 Å². The Morgan fingerprint density at radius 3 is 2.84 bits per heavy atom. The summed E-state index contributed by atoms with van der Waals surface area (Å²) in [4.78, 5) is 17.7. The summed E-state index contributed by atoms with van der Waals surface area (Å²) in [5, 5.41) is 7.88. The van der Waals surface area contributed by atoms with E-state index in [1.807, 2.05) is 50.6 Å². The van der Waals surface area contributed by atoms with E-state index in [4.69, 9.17) is 16.3 Å². The highest BCUT2D eigenvalue weighted by Gasteiger charge is 2.10. The molecule has 0 atom stereocenters. The van der Waals surface area contributed by atoms with Gasteiger partial charge >= 0.3 is 6.01 Å². The Kier molecular flexibility index (Phi) is 6.57. The summed E-state index contributed by atoms with van der Waals surface area (Å²) >= 11 is 6.28. The van der Waals surface area contributed by atoms with E-state index in [0.29, 0.717) is 24.1 Å². The molecule has 4 aromatic rings. The van der Waals surface area contributed by atoms with E-state index < -0.39 is 0 Å². The number of halogens is 1. The van der Waals surface area contributed by atoms with Crippen LogP contribution in [0.3, 0.4) is 0 Å². The fraction of sp³-hybridized carbons (Fsp3) is 0.318. The highest BCUT2D eigenvalue weighted by molar-refractivity contribution is 6.30. The van der Waals surface area contributed by atoms with Gasteiger partial charge in [-0.25, -0.2) is 0 Å². The van der Waals surface area contributed by atoms with Crippen molar-refractivity contribution >= 4 is 28.5 Å².